The molecule has 2 aromatic rings. The minimum absolute atomic E-state index is 0.124. The zero-order chi connectivity index (χ0) is 16.8. The highest BCUT2D eigenvalue weighted by Gasteiger charge is 2.31. The highest BCUT2D eigenvalue weighted by Crippen LogP contribution is 2.23. The highest BCUT2D eigenvalue weighted by atomic mass is 16.2. The highest BCUT2D eigenvalue weighted by molar-refractivity contribution is 5.79. The number of piperidine rings is 1. The zero-order valence-corrected chi connectivity index (χ0v) is 14.3. The van der Waals surface area contributed by atoms with Crippen molar-refractivity contribution in [3.8, 4) is 0 Å². The molecule has 2 unspecified atom stereocenters. The van der Waals surface area contributed by atoms with Crippen LogP contribution < -0.4 is 5.32 Å². The third-order valence-corrected chi connectivity index (χ3v) is 4.85. The summed E-state index contributed by atoms with van der Waals surface area (Å²) >= 11 is 0. The van der Waals surface area contributed by atoms with Crippen molar-refractivity contribution in [2.75, 3.05) is 13.1 Å². The quantitative estimate of drug-likeness (QED) is 0.914. The lowest BCUT2D eigenvalue weighted by Crippen LogP contribution is -2.44. The molecule has 1 aliphatic heterocycles. The van der Waals surface area contributed by atoms with E-state index < -0.39 is 0 Å². The molecule has 0 radical (unpaired) electrons. The summed E-state index contributed by atoms with van der Waals surface area (Å²) in [5.41, 5.74) is 2.37. The van der Waals surface area contributed by atoms with Crippen LogP contribution in [-0.2, 0) is 17.9 Å². The first-order valence-corrected chi connectivity index (χ1v) is 8.81. The summed E-state index contributed by atoms with van der Waals surface area (Å²) in [6.45, 7) is 5.39. The van der Waals surface area contributed by atoms with Crippen LogP contribution in [0.3, 0.4) is 0 Å². The van der Waals surface area contributed by atoms with E-state index in [1.54, 1.807) is 0 Å². The maximum absolute atomic E-state index is 13.2. The van der Waals surface area contributed by atoms with Crippen LogP contribution in [0.2, 0.25) is 0 Å². The van der Waals surface area contributed by atoms with Crippen LogP contribution >= 0.6 is 0 Å². The molecule has 0 bridgehead atoms. The van der Waals surface area contributed by atoms with Crippen molar-refractivity contribution < 1.29 is 4.79 Å². The van der Waals surface area contributed by atoms with Gasteiger partial charge in [-0.1, -0.05) is 67.6 Å². The fraction of sp³-hybridized carbons (Fsp3) is 0.381. The van der Waals surface area contributed by atoms with E-state index in [2.05, 4.69) is 36.5 Å². The Morgan fingerprint density at radius 3 is 2.04 bits per heavy atom. The lowest BCUT2D eigenvalue weighted by atomic mass is 9.86. The van der Waals surface area contributed by atoms with Gasteiger partial charge in [-0.25, -0.2) is 0 Å². The van der Waals surface area contributed by atoms with E-state index in [0.29, 0.717) is 19.0 Å². The van der Waals surface area contributed by atoms with E-state index in [4.69, 9.17) is 0 Å². The van der Waals surface area contributed by atoms with E-state index in [9.17, 15) is 4.79 Å². The first kappa shape index (κ1) is 16.7. The Labute approximate surface area is 144 Å². The number of nitrogens with zero attached hydrogens (tertiary/aromatic N) is 1. The first-order valence-electron chi connectivity index (χ1n) is 8.81. The maximum Gasteiger partial charge on any atom is 0.226 e. The number of benzene rings is 2. The molecular weight excluding hydrogens is 296 g/mol. The Kier molecular flexibility index (Phi) is 5.65. The van der Waals surface area contributed by atoms with E-state index in [0.717, 1.165) is 19.5 Å². The molecule has 0 saturated carbocycles. The van der Waals surface area contributed by atoms with Crippen molar-refractivity contribution in [3.05, 3.63) is 71.8 Å². The van der Waals surface area contributed by atoms with Gasteiger partial charge in [0.25, 0.3) is 0 Å². The molecule has 1 heterocycles. The topological polar surface area (TPSA) is 32.3 Å². The average molecular weight is 322 g/mol. The minimum atomic E-state index is 0.124. The monoisotopic (exact) mass is 322 g/mol. The minimum Gasteiger partial charge on any atom is -0.334 e. The molecule has 1 aliphatic rings. The van der Waals surface area contributed by atoms with Gasteiger partial charge in [0.1, 0.15) is 0 Å². The number of rotatable bonds is 5. The van der Waals surface area contributed by atoms with Crippen LogP contribution in [0.1, 0.15) is 24.5 Å². The molecule has 1 amide bonds. The third-order valence-electron chi connectivity index (χ3n) is 4.85. The number of nitrogens with one attached hydrogen (secondary N) is 1. The second-order valence-corrected chi connectivity index (χ2v) is 6.74. The molecule has 0 aromatic heterocycles. The van der Waals surface area contributed by atoms with Crippen molar-refractivity contribution >= 4 is 5.91 Å². The molecule has 2 aromatic carbocycles. The number of carbonyl (C=O) groups is 1. The van der Waals surface area contributed by atoms with Crippen molar-refractivity contribution in [1.82, 2.24) is 10.2 Å². The van der Waals surface area contributed by atoms with Gasteiger partial charge in [0.15, 0.2) is 0 Å². The Morgan fingerprint density at radius 1 is 1.00 bits per heavy atom. The van der Waals surface area contributed by atoms with Gasteiger partial charge in [-0.15, -0.1) is 0 Å². The molecule has 2 atom stereocenters. The fourth-order valence-corrected chi connectivity index (χ4v) is 3.43. The van der Waals surface area contributed by atoms with Gasteiger partial charge in [-0.05, 0) is 36.6 Å². The molecule has 0 spiro atoms. The number of amides is 1. The number of hydrogen-bond acceptors (Lipinski definition) is 2. The first-order chi connectivity index (χ1) is 11.7. The van der Waals surface area contributed by atoms with E-state index in [1.807, 2.05) is 41.3 Å². The summed E-state index contributed by atoms with van der Waals surface area (Å²) in [7, 11) is 0. The van der Waals surface area contributed by atoms with Crippen LogP contribution in [0.25, 0.3) is 0 Å². The van der Waals surface area contributed by atoms with Crippen LogP contribution in [0.5, 0.6) is 0 Å². The van der Waals surface area contributed by atoms with Gasteiger partial charge in [0.2, 0.25) is 5.91 Å². The van der Waals surface area contributed by atoms with Gasteiger partial charge in [0.05, 0.1) is 0 Å². The smallest absolute Gasteiger partial charge is 0.226 e. The van der Waals surface area contributed by atoms with Gasteiger partial charge < -0.3 is 10.2 Å². The second-order valence-electron chi connectivity index (χ2n) is 6.74. The van der Waals surface area contributed by atoms with Crippen LogP contribution in [0.4, 0.5) is 0 Å². The molecule has 1 fully saturated rings. The maximum atomic E-state index is 13.2. The standard InChI is InChI=1S/C21H26N2O/c1-17-14-22-13-12-20(17)21(24)23(15-18-8-4-2-5-9-18)16-19-10-6-3-7-11-19/h2-11,17,20,22H,12-16H2,1H3. The molecule has 3 nitrogen and oxygen atoms in total. The Bertz CT molecular complexity index is 600. The predicted molar refractivity (Wildman–Crippen MR) is 97.3 cm³/mol. The fourth-order valence-electron chi connectivity index (χ4n) is 3.43. The van der Waals surface area contributed by atoms with Gasteiger partial charge in [0, 0.05) is 19.0 Å². The van der Waals surface area contributed by atoms with E-state index in [1.165, 1.54) is 11.1 Å². The van der Waals surface area contributed by atoms with Gasteiger partial charge in [-0.3, -0.25) is 4.79 Å². The second kappa shape index (κ2) is 8.11. The molecule has 0 aliphatic carbocycles. The Morgan fingerprint density at radius 2 is 1.54 bits per heavy atom. The van der Waals surface area contributed by atoms with Crippen molar-refractivity contribution in [3.63, 3.8) is 0 Å². The van der Waals surface area contributed by atoms with Crippen molar-refractivity contribution in [2.45, 2.75) is 26.4 Å². The normalized spacial score (nSPS) is 20.5. The lowest BCUT2D eigenvalue weighted by Gasteiger charge is -2.33. The van der Waals surface area contributed by atoms with Gasteiger partial charge in [-0.2, -0.15) is 0 Å². The van der Waals surface area contributed by atoms with Crippen LogP contribution in [-0.4, -0.2) is 23.9 Å². The SMILES string of the molecule is CC1CNCCC1C(=O)N(Cc1ccccc1)Cc1ccccc1. The number of hydrogen-bond donors (Lipinski definition) is 1. The molecule has 24 heavy (non-hydrogen) atoms. The van der Waals surface area contributed by atoms with Crippen LogP contribution in [0.15, 0.2) is 60.7 Å². The predicted octanol–water partition coefficient (Wildman–Crippen LogP) is 3.46. The molecule has 1 N–H and O–H groups in total. The molecular formula is C21H26N2O. The Balaban J connectivity index is 1.79. The van der Waals surface area contributed by atoms with Gasteiger partial charge >= 0.3 is 0 Å². The van der Waals surface area contributed by atoms with E-state index >= 15 is 0 Å². The summed E-state index contributed by atoms with van der Waals surface area (Å²) in [5.74, 6) is 0.802. The average Bonchev–Trinajstić information content (AvgIpc) is 2.63. The summed E-state index contributed by atoms with van der Waals surface area (Å²) in [5, 5.41) is 3.39. The summed E-state index contributed by atoms with van der Waals surface area (Å²) in [6.07, 6.45) is 0.931. The molecule has 1 saturated heterocycles. The summed E-state index contributed by atoms with van der Waals surface area (Å²) < 4.78 is 0. The Hall–Kier alpha value is -2.13. The molecule has 3 rings (SSSR count). The number of carbonyl (C=O) groups excluding carboxylic acids is 1. The molecule has 3 heteroatoms. The lowest BCUT2D eigenvalue weighted by molar-refractivity contribution is -0.139. The van der Waals surface area contributed by atoms with E-state index in [-0.39, 0.29) is 11.8 Å². The van der Waals surface area contributed by atoms with Crippen molar-refractivity contribution in [2.24, 2.45) is 11.8 Å². The zero-order valence-electron chi connectivity index (χ0n) is 14.3. The largest absolute Gasteiger partial charge is 0.334 e. The van der Waals surface area contributed by atoms with Crippen molar-refractivity contribution in [1.29, 1.82) is 0 Å². The molecule has 126 valence electrons. The summed E-state index contributed by atoms with van der Waals surface area (Å²) in [4.78, 5) is 15.2. The third kappa shape index (κ3) is 4.24. The van der Waals surface area contributed by atoms with Crippen LogP contribution in [0, 0.1) is 11.8 Å². The summed E-state index contributed by atoms with van der Waals surface area (Å²) in [6, 6.07) is 20.6.